The number of hydrogen-bond donors (Lipinski definition) is 1. The van der Waals surface area contributed by atoms with E-state index in [1.165, 1.54) is 26.4 Å². The molecule has 74 valence electrons. The van der Waals surface area contributed by atoms with Crippen molar-refractivity contribution in [2.24, 2.45) is 17.8 Å². The fourth-order valence-corrected chi connectivity index (χ4v) is 2.27. The Morgan fingerprint density at radius 3 is 2.38 bits per heavy atom. The van der Waals surface area contributed by atoms with Crippen LogP contribution in [0.1, 0.15) is 19.3 Å². The van der Waals surface area contributed by atoms with Crippen molar-refractivity contribution in [3.8, 4) is 0 Å². The van der Waals surface area contributed by atoms with E-state index in [1.807, 2.05) is 0 Å². The Bertz CT molecular complexity index is 183. The summed E-state index contributed by atoms with van der Waals surface area (Å²) in [7, 11) is 1.50. The molecular formula is C10H17NO2. The van der Waals surface area contributed by atoms with Crippen molar-refractivity contribution < 1.29 is 9.53 Å². The van der Waals surface area contributed by atoms with E-state index < -0.39 is 0 Å². The van der Waals surface area contributed by atoms with Crippen molar-refractivity contribution in [2.45, 2.75) is 19.3 Å². The first-order chi connectivity index (χ1) is 6.33. The molecule has 3 nitrogen and oxygen atoms in total. The van der Waals surface area contributed by atoms with Crippen LogP contribution < -0.4 is 5.32 Å². The molecule has 1 atom stereocenters. The van der Waals surface area contributed by atoms with Crippen molar-refractivity contribution >= 4 is 5.97 Å². The fraction of sp³-hybridized carbons (Fsp3) is 0.900. The number of rotatable bonds is 3. The lowest BCUT2D eigenvalue weighted by Gasteiger charge is -2.41. The van der Waals surface area contributed by atoms with Gasteiger partial charge in [0.05, 0.1) is 13.0 Å². The number of ether oxygens (including phenoxy) is 1. The molecule has 0 aromatic rings. The third-order valence-corrected chi connectivity index (χ3v) is 3.45. The molecule has 1 saturated heterocycles. The van der Waals surface area contributed by atoms with Gasteiger partial charge in [-0.25, -0.2) is 0 Å². The fourth-order valence-electron chi connectivity index (χ4n) is 2.27. The maximum absolute atomic E-state index is 11.5. The number of nitrogens with one attached hydrogen (secondary N) is 1. The van der Waals surface area contributed by atoms with Crippen LogP contribution in [0.15, 0.2) is 0 Å². The topological polar surface area (TPSA) is 38.3 Å². The summed E-state index contributed by atoms with van der Waals surface area (Å²) in [5.74, 6) is 1.34. The third-order valence-electron chi connectivity index (χ3n) is 3.45. The summed E-state index contributed by atoms with van der Waals surface area (Å²) in [5, 5.41) is 3.22. The Morgan fingerprint density at radius 2 is 2.08 bits per heavy atom. The summed E-state index contributed by atoms with van der Waals surface area (Å²) in [6, 6.07) is 0. The molecule has 0 amide bonds. The van der Waals surface area contributed by atoms with Crippen molar-refractivity contribution in [3.63, 3.8) is 0 Å². The van der Waals surface area contributed by atoms with Gasteiger partial charge in [-0.2, -0.15) is 0 Å². The lowest BCUT2D eigenvalue weighted by molar-refractivity contribution is -0.152. The van der Waals surface area contributed by atoms with Gasteiger partial charge in [-0.05, 0) is 24.7 Å². The SMILES string of the molecule is COC(=O)C(C1CCC1)C1CNC1. The lowest BCUT2D eigenvalue weighted by atomic mass is 9.69. The van der Waals surface area contributed by atoms with Crippen LogP contribution in [0.3, 0.4) is 0 Å². The Labute approximate surface area is 78.8 Å². The summed E-state index contributed by atoms with van der Waals surface area (Å²) in [6.07, 6.45) is 3.73. The predicted molar refractivity (Wildman–Crippen MR) is 49.2 cm³/mol. The minimum atomic E-state index is 0.0104. The second kappa shape index (κ2) is 3.66. The van der Waals surface area contributed by atoms with Gasteiger partial charge in [-0.1, -0.05) is 6.42 Å². The van der Waals surface area contributed by atoms with Crippen molar-refractivity contribution in [1.82, 2.24) is 5.32 Å². The summed E-state index contributed by atoms with van der Waals surface area (Å²) in [5.41, 5.74) is 0. The van der Waals surface area contributed by atoms with E-state index in [4.69, 9.17) is 4.74 Å². The van der Waals surface area contributed by atoms with E-state index in [-0.39, 0.29) is 11.9 Å². The van der Waals surface area contributed by atoms with Gasteiger partial charge in [-0.15, -0.1) is 0 Å². The summed E-state index contributed by atoms with van der Waals surface area (Å²) in [6.45, 7) is 1.99. The van der Waals surface area contributed by atoms with Crippen molar-refractivity contribution in [1.29, 1.82) is 0 Å². The average molecular weight is 183 g/mol. The van der Waals surface area contributed by atoms with E-state index in [9.17, 15) is 4.79 Å². The Morgan fingerprint density at radius 1 is 1.38 bits per heavy atom. The first kappa shape index (κ1) is 9.00. The van der Waals surface area contributed by atoms with Crippen LogP contribution in [0.5, 0.6) is 0 Å². The minimum absolute atomic E-state index is 0.0104. The van der Waals surface area contributed by atoms with Gasteiger partial charge in [0.25, 0.3) is 0 Å². The molecule has 1 N–H and O–H groups in total. The third kappa shape index (κ3) is 1.57. The summed E-state index contributed by atoms with van der Waals surface area (Å²) in [4.78, 5) is 11.5. The van der Waals surface area contributed by atoms with Gasteiger partial charge in [0.15, 0.2) is 0 Å². The summed E-state index contributed by atoms with van der Waals surface area (Å²) < 4.78 is 4.86. The van der Waals surface area contributed by atoms with Crippen LogP contribution in [-0.4, -0.2) is 26.2 Å². The maximum Gasteiger partial charge on any atom is 0.309 e. The van der Waals surface area contributed by atoms with E-state index in [0.29, 0.717) is 11.8 Å². The van der Waals surface area contributed by atoms with Gasteiger partial charge in [0.2, 0.25) is 0 Å². The molecule has 0 radical (unpaired) electrons. The smallest absolute Gasteiger partial charge is 0.309 e. The molecule has 1 aliphatic carbocycles. The van der Waals surface area contributed by atoms with Gasteiger partial charge in [0, 0.05) is 13.1 Å². The number of hydrogen-bond acceptors (Lipinski definition) is 3. The predicted octanol–water partition coefficient (Wildman–Crippen LogP) is 0.795. The highest BCUT2D eigenvalue weighted by atomic mass is 16.5. The molecule has 3 heteroatoms. The van der Waals surface area contributed by atoms with Crippen LogP contribution in [0.2, 0.25) is 0 Å². The van der Waals surface area contributed by atoms with E-state index >= 15 is 0 Å². The number of carbonyl (C=O) groups is 1. The number of carbonyl (C=O) groups excluding carboxylic acids is 1. The second-order valence-corrected chi connectivity index (χ2v) is 4.16. The molecule has 1 unspecified atom stereocenters. The molecule has 0 aromatic carbocycles. The normalized spacial score (nSPS) is 25.9. The zero-order valence-corrected chi connectivity index (χ0v) is 8.08. The molecule has 13 heavy (non-hydrogen) atoms. The second-order valence-electron chi connectivity index (χ2n) is 4.16. The van der Waals surface area contributed by atoms with E-state index in [2.05, 4.69) is 5.32 Å². The van der Waals surface area contributed by atoms with Gasteiger partial charge in [0.1, 0.15) is 0 Å². The molecule has 1 aliphatic heterocycles. The molecule has 0 bridgehead atoms. The van der Waals surface area contributed by atoms with Gasteiger partial charge in [-0.3, -0.25) is 4.79 Å². The Balaban J connectivity index is 1.96. The molecule has 2 fully saturated rings. The van der Waals surface area contributed by atoms with Crippen LogP contribution in [0.4, 0.5) is 0 Å². The molecule has 1 heterocycles. The Kier molecular flexibility index (Phi) is 2.54. The van der Waals surface area contributed by atoms with Crippen LogP contribution in [0.25, 0.3) is 0 Å². The highest BCUT2D eigenvalue weighted by molar-refractivity contribution is 5.73. The standard InChI is InChI=1S/C10H17NO2/c1-13-10(12)9(7-3-2-4-7)8-5-11-6-8/h7-9,11H,2-6H2,1H3. The quantitative estimate of drug-likeness (QED) is 0.658. The first-order valence-electron chi connectivity index (χ1n) is 5.11. The molecular weight excluding hydrogens is 166 g/mol. The Hall–Kier alpha value is -0.570. The lowest BCUT2D eigenvalue weighted by Crippen LogP contribution is -2.51. The number of esters is 1. The highest BCUT2D eigenvalue weighted by Gasteiger charge is 2.41. The molecule has 0 spiro atoms. The van der Waals surface area contributed by atoms with Crippen LogP contribution >= 0.6 is 0 Å². The van der Waals surface area contributed by atoms with Gasteiger partial charge < -0.3 is 10.1 Å². The van der Waals surface area contributed by atoms with Crippen LogP contribution in [-0.2, 0) is 9.53 Å². The van der Waals surface area contributed by atoms with Crippen molar-refractivity contribution in [3.05, 3.63) is 0 Å². The van der Waals surface area contributed by atoms with Gasteiger partial charge >= 0.3 is 5.97 Å². The monoisotopic (exact) mass is 183 g/mol. The highest BCUT2D eigenvalue weighted by Crippen LogP contribution is 2.39. The molecule has 0 aromatic heterocycles. The average Bonchev–Trinajstić information content (AvgIpc) is 1.95. The zero-order valence-electron chi connectivity index (χ0n) is 8.08. The molecule has 2 rings (SSSR count). The minimum Gasteiger partial charge on any atom is -0.469 e. The molecule has 2 aliphatic rings. The maximum atomic E-state index is 11.5. The zero-order chi connectivity index (χ0) is 9.26. The van der Waals surface area contributed by atoms with Crippen LogP contribution in [0, 0.1) is 17.8 Å². The van der Waals surface area contributed by atoms with E-state index in [1.54, 1.807) is 0 Å². The van der Waals surface area contributed by atoms with E-state index in [0.717, 1.165) is 13.1 Å². The first-order valence-corrected chi connectivity index (χ1v) is 5.11. The summed E-state index contributed by atoms with van der Waals surface area (Å²) >= 11 is 0. The largest absolute Gasteiger partial charge is 0.469 e. The number of methoxy groups -OCH3 is 1. The molecule has 1 saturated carbocycles. The van der Waals surface area contributed by atoms with Crippen molar-refractivity contribution in [2.75, 3.05) is 20.2 Å².